The number of likely N-dealkylation sites (tertiary alicyclic amines) is 1. The van der Waals surface area contributed by atoms with Crippen LogP contribution in [0, 0.1) is 6.92 Å². The number of oxazole rings is 1. The van der Waals surface area contributed by atoms with E-state index in [0.717, 1.165) is 57.7 Å². The lowest BCUT2D eigenvalue weighted by atomic mass is 10.1. The highest BCUT2D eigenvalue weighted by atomic mass is 16.3. The first kappa shape index (κ1) is 26.9. The number of nitrogens with zero attached hydrogens (tertiary/aromatic N) is 4. The van der Waals surface area contributed by atoms with E-state index >= 15 is 0 Å². The van der Waals surface area contributed by atoms with Gasteiger partial charge in [-0.05, 0) is 56.0 Å². The molecule has 0 bridgehead atoms. The van der Waals surface area contributed by atoms with Crippen molar-refractivity contribution in [1.82, 2.24) is 15.2 Å². The van der Waals surface area contributed by atoms with Gasteiger partial charge >= 0.3 is 0 Å². The summed E-state index contributed by atoms with van der Waals surface area (Å²) in [6, 6.07) is 13.8. The Balaban J connectivity index is 1.18. The molecule has 10 heteroatoms. The number of carbonyl (C=O) groups excluding carboxylic acids is 3. The second-order valence-corrected chi connectivity index (χ2v) is 11.0. The molecule has 0 spiro atoms. The Morgan fingerprint density at radius 3 is 2.44 bits per heavy atom. The van der Waals surface area contributed by atoms with E-state index in [2.05, 4.69) is 56.6 Å². The third-order valence-electron chi connectivity index (χ3n) is 8.10. The molecular formula is C31H36N6O4. The highest BCUT2D eigenvalue weighted by Gasteiger charge is 2.30. The molecule has 1 aromatic heterocycles. The van der Waals surface area contributed by atoms with E-state index in [1.165, 1.54) is 17.5 Å². The Bertz CT molecular complexity index is 1440. The zero-order chi connectivity index (χ0) is 28.3. The maximum atomic E-state index is 13.2. The summed E-state index contributed by atoms with van der Waals surface area (Å²) in [4.78, 5) is 48.9. The van der Waals surface area contributed by atoms with E-state index in [9.17, 15) is 14.4 Å². The van der Waals surface area contributed by atoms with Crippen LogP contribution in [-0.4, -0.2) is 73.4 Å². The number of aryl methyl sites for hydroxylation is 1. The number of nitrogens with one attached hydrogen (secondary N) is 2. The Morgan fingerprint density at radius 2 is 1.73 bits per heavy atom. The molecule has 0 atom stereocenters. The number of piperazine rings is 1. The number of anilines is 3. The van der Waals surface area contributed by atoms with Gasteiger partial charge in [0.05, 0.1) is 11.4 Å². The molecule has 2 saturated heterocycles. The number of hydrogen-bond donors (Lipinski definition) is 2. The quantitative estimate of drug-likeness (QED) is 0.413. The first-order chi connectivity index (χ1) is 20.0. The summed E-state index contributed by atoms with van der Waals surface area (Å²) in [5.41, 5.74) is 4.56. The largest absolute Gasteiger partial charge is 0.448 e. The fraction of sp³-hybridized carbons (Fsp3) is 0.419. The maximum Gasteiger partial charge on any atom is 0.277 e. The normalized spacial score (nSPS) is 17.2. The van der Waals surface area contributed by atoms with Gasteiger partial charge in [0.2, 0.25) is 5.91 Å². The van der Waals surface area contributed by atoms with Crippen LogP contribution in [0.3, 0.4) is 0 Å². The highest BCUT2D eigenvalue weighted by molar-refractivity contribution is 6.06. The van der Waals surface area contributed by atoms with Crippen LogP contribution in [0.15, 0.2) is 53.1 Å². The average Bonchev–Trinajstić information content (AvgIpc) is 3.57. The lowest BCUT2D eigenvalue weighted by molar-refractivity contribution is -0.127. The average molecular weight is 557 g/mol. The van der Waals surface area contributed by atoms with Gasteiger partial charge in [-0.3, -0.25) is 14.4 Å². The van der Waals surface area contributed by atoms with Crippen LogP contribution >= 0.6 is 0 Å². The lowest BCUT2D eigenvalue weighted by Gasteiger charge is -2.38. The molecule has 3 heterocycles. The maximum absolute atomic E-state index is 13.2. The molecule has 0 unspecified atom stereocenters. The summed E-state index contributed by atoms with van der Waals surface area (Å²) < 4.78 is 5.53. The minimum atomic E-state index is -0.370. The molecule has 2 N–H and O–H groups in total. The summed E-state index contributed by atoms with van der Waals surface area (Å²) in [6.07, 6.45) is 4.90. The van der Waals surface area contributed by atoms with Crippen molar-refractivity contribution in [3.8, 4) is 0 Å². The highest BCUT2D eigenvalue weighted by Crippen LogP contribution is 2.39. The summed E-state index contributed by atoms with van der Waals surface area (Å²) in [5.74, 6) is 0.423. The predicted octanol–water partition coefficient (Wildman–Crippen LogP) is 3.79. The Hall–Kier alpha value is -4.34. The molecule has 2 aliphatic heterocycles. The van der Waals surface area contributed by atoms with Gasteiger partial charge in [-0.25, -0.2) is 4.98 Å². The molecule has 2 aromatic carbocycles. The number of aromatic nitrogens is 1. The molecule has 1 saturated carbocycles. The third-order valence-corrected chi connectivity index (χ3v) is 8.10. The summed E-state index contributed by atoms with van der Waals surface area (Å²) >= 11 is 0. The number of benzene rings is 2. The van der Waals surface area contributed by atoms with Gasteiger partial charge in [-0.1, -0.05) is 18.2 Å². The fourth-order valence-electron chi connectivity index (χ4n) is 5.60. The molecule has 0 radical (unpaired) electrons. The van der Waals surface area contributed by atoms with Crippen LogP contribution in [0.5, 0.6) is 0 Å². The van der Waals surface area contributed by atoms with E-state index in [-0.39, 0.29) is 23.4 Å². The van der Waals surface area contributed by atoms with Crippen LogP contribution < -0.4 is 20.4 Å². The van der Waals surface area contributed by atoms with Gasteiger partial charge in [0.1, 0.15) is 6.26 Å². The molecule has 3 aliphatic rings. The van der Waals surface area contributed by atoms with Gasteiger partial charge < -0.3 is 29.8 Å². The van der Waals surface area contributed by atoms with Crippen LogP contribution in [0.1, 0.15) is 63.9 Å². The van der Waals surface area contributed by atoms with Crippen molar-refractivity contribution in [3.63, 3.8) is 0 Å². The smallest absolute Gasteiger partial charge is 0.277 e. The van der Waals surface area contributed by atoms with E-state index in [0.29, 0.717) is 42.6 Å². The van der Waals surface area contributed by atoms with E-state index in [1.54, 1.807) is 17.0 Å². The summed E-state index contributed by atoms with van der Waals surface area (Å²) in [7, 11) is 0. The second-order valence-electron chi connectivity index (χ2n) is 11.0. The SMILES string of the molecule is Cc1ccccc1N1CCN(c2ccc(C(=O)NCCN3CCCC3=O)cc2NC(=O)c2coc(C3CC3)n2)CC1. The number of carbonyl (C=O) groups is 3. The monoisotopic (exact) mass is 556 g/mol. The summed E-state index contributed by atoms with van der Waals surface area (Å²) in [5, 5.41) is 5.92. The van der Waals surface area contributed by atoms with Crippen molar-refractivity contribution in [2.24, 2.45) is 0 Å². The van der Waals surface area contributed by atoms with Gasteiger partial charge in [-0.15, -0.1) is 0 Å². The third kappa shape index (κ3) is 6.06. The van der Waals surface area contributed by atoms with Crippen LogP contribution in [0.4, 0.5) is 17.1 Å². The standard InChI is InChI=1S/C31H36N6O4/c1-21-5-2-3-6-26(21)35-15-17-36(18-16-35)27-11-10-23(29(39)32-12-14-37-13-4-7-28(37)38)19-24(27)33-30(40)25-20-41-31(34-25)22-8-9-22/h2-3,5-6,10-11,19-20,22H,4,7-9,12-18H2,1H3,(H,32,39)(H,33,40). The van der Waals surface area contributed by atoms with Crippen molar-refractivity contribution >= 4 is 34.8 Å². The van der Waals surface area contributed by atoms with Crippen molar-refractivity contribution in [3.05, 3.63) is 71.4 Å². The minimum Gasteiger partial charge on any atom is -0.448 e. The van der Waals surface area contributed by atoms with Crippen molar-refractivity contribution in [2.45, 2.75) is 38.5 Å². The molecule has 214 valence electrons. The number of para-hydroxylation sites is 1. The molecule has 6 rings (SSSR count). The van der Waals surface area contributed by atoms with Crippen LogP contribution in [0.25, 0.3) is 0 Å². The van der Waals surface area contributed by atoms with Crippen molar-refractivity contribution in [1.29, 1.82) is 0 Å². The van der Waals surface area contributed by atoms with Gasteiger partial charge in [0, 0.05) is 69.4 Å². The topological polar surface area (TPSA) is 111 Å². The molecule has 3 amide bonds. The number of rotatable bonds is 9. The second kappa shape index (κ2) is 11.6. The molecule has 41 heavy (non-hydrogen) atoms. The molecule has 1 aliphatic carbocycles. The van der Waals surface area contributed by atoms with E-state index in [4.69, 9.17) is 4.42 Å². The zero-order valence-corrected chi connectivity index (χ0v) is 23.4. The first-order valence-corrected chi connectivity index (χ1v) is 14.5. The Labute approximate surface area is 239 Å². The Morgan fingerprint density at radius 1 is 0.976 bits per heavy atom. The molecular weight excluding hydrogens is 520 g/mol. The predicted molar refractivity (Wildman–Crippen MR) is 157 cm³/mol. The minimum absolute atomic E-state index is 0.133. The van der Waals surface area contributed by atoms with Crippen LogP contribution in [0.2, 0.25) is 0 Å². The Kier molecular flexibility index (Phi) is 7.63. The van der Waals surface area contributed by atoms with Gasteiger partial charge in [-0.2, -0.15) is 0 Å². The van der Waals surface area contributed by atoms with E-state index in [1.807, 2.05) is 6.07 Å². The molecule has 3 fully saturated rings. The number of hydrogen-bond acceptors (Lipinski definition) is 7. The van der Waals surface area contributed by atoms with Gasteiger partial charge in [0.25, 0.3) is 11.8 Å². The van der Waals surface area contributed by atoms with Crippen molar-refractivity contribution < 1.29 is 18.8 Å². The van der Waals surface area contributed by atoms with Crippen LogP contribution in [-0.2, 0) is 4.79 Å². The molecule has 10 nitrogen and oxygen atoms in total. The molecule has 3 aromatic rings. The van der Waals surface area contributed by atoms with Gasteiger partial charge in [0.15, 0.2) is 11.6 Å². The van der Waals surface area contributed by atoms with E-state index < -0.39 is 0 Å². The van der Waals surface area contributed by atoms with Crippen molar-refractivity contribution in [2.75, 3.05) is 60.9 Å². The lowest BCUT2D eigenvalue weighted by Crippen LogP contribution is -2.47. The summed E-state index contributed by atoms with van der Waals surface area (Å²) in [6.45, 7) is 6.94. The fourth-order valence-corrected chi connectivity index (χ4v) is 5.60. The number of amides is 3. The first-order valence-electron chi connectivity index (χ1n) is 14.5. The zero-order valence-electron chi connectivity index (χ0n) is 23.4.